The van der Waals surface area contributed by atoms with Crippen LogP contribution in [0.1, 0.15) is 10.4 Å². The lowest BCUT2D eigenvalue weighted by Crippen LogP contribution is -2.52. The third-order valence-corrected chi connectivity index (χ3v) is 3.57. The van der Waals surface area contributed by atoms with Gasteiger partial charge in [0.1, 0.15) is 0 Å². The summed E-state index contributed by atoms with van der Waals surface area (Å²) < 4.78 is 5.02. The zero-order valence-corrected chi connectivity index (χ0v) is 10.5. The average molecular weight is 286 g/mol. The summed E-state index contributed by atoms with van der Waals surface area (Å²) in [6.07, 6.45) is 0. The second-order valence-electron chi connectivity index (χ2n) is 3.86. The zero-order chi connectivity index (χ0) is 14.0. The maximum atomic E-state index is 12.1. The highest BCUT2D eigenvalue weighted by Gasteiger charge is 2.34. The second kappa shape index (κ2) is 5.33. The Morgan fingerprint density at radius 1 is 1.58 bits per heavy atom. The quantitative estimate of drug-likeness (QED) is 0.643. The maximum Gasteiger partial charge on any atom is 0.328 e. The third kappa shape index (κ3) is 2.71. The molecule has 1 aromatic heterocycles. The SMILES string of the molecule is O=C(O)C1COCCN1C(=O)c1csc([N+](=O)[O-])c1. The highest BCUT2D eigenvalue weighted by molar-refractivity contribution is 7.13. The number of nitro groups is 1. The molecule has 0 radical (unpaired) electrons. The van der Waals surface area contributed by atoms with Crippen LogP contribution in [0, 0.1) is 10.1 Å². The number of amides is 1. The fourth-order valence-corrected chi connectivity index (χ4v) is 2.45. The minimum Gasteiger partial charge on any atom is -0.480 e. The van der Waals surface area contributed by atoms with Gasteiger partial charge in [0.25, 0.3) is 5.91 Å². The number of morpholine rings is 1. The lowest BCUT2D eigenvalue weighted by Gasteiger charge is -2.32. The molecule has 1 unspecified atom stereocenters. The Kier molecular flexibility index (Phi) is 3.76. The van der Waals surface area contributed by atoms with E-state index in [0.29, 0.717) is 0 Å². The molecule has 0 aromatic carbocycles. The van der Waals surface area contributed by atoms with Crippen LogP contribution in [0.25, 0.3) is 0 Å². The van der Waals surface area contributed by atoms with Gasteiger partial charge in [0.2, 0.25) is 0 Å². The molecule has 1 aliphatic heterocycles. The van der Waals surface area contributed by atoms with E-state index in [-0.39, 0.29) is 30.3 Å². The monoisotopic (exact) mass is 286 g/mol. The molecule has 1 atom stereocenters. The fourth-order valence-electron chi connectivity index (χ4n) is 1.75. The van der Waals surface area contributed by atoms with E-state index in [1.54, 1.807) is 0 Å². The molecule has 2 heterocycles. The van der Waals surface area contributed by atoms with Crippen molar-refractivity contribution in [1.29, 1.82) is 0 Å². The minimum absolute atomic E-state index is 0.0761. The first-order chi connectivity index (χ1) is 9.00. The van der Waals surface area contributed by atoms with Gasteiger partial charge in [-0.15, -0.1) is 0 Å². The predicted octanol–water partition coefficient (Wildman–Crippen LogP) is 0.582. The van der Waals surface area contributed by atoms with Gasteiger partial charge in [-0.2, -0.15) is 0 Å². The summed E-state index contributed by atoms with van der Waals surface area (Å²) in [4.78, 5) is 34.3. The molecule has 1 N–H and O–H groups in total. The number of hydrogen-bond acceptors (Lipinski definition) is 6. The van der Waals surface area contributed by atoms with Crippen LogP contribution < -0.4 is 0 Å². The van der Waals surface area contributed by atoms with Crippen LogP contribution in [-0.2, 0) is 9.53 Å². The Balaban J connectivity index is 2.21. The van der Waals surface area contributed by atoms with Crippen molar-refractivity contribution in [2.75, 3.05) is 19.8 Å². The molecule has 1 amide bonds. The van der Waals surface area contributed by atoms with Gasteiger partial charge in [-0.3, -0.25) is 14.9 Å². The third-order valence-electron chi connectivity index (χ3n) is 2.69. The second-order valence-corrected chi connectivity index (χ2v) is 4.75. The van der Waals surface area contributed by atoms with Gasteiger partial charge in [0.05, 0.1) is 23.7 Å². The zero-order valence-electron chi connectivity index (χ0n) is 9.64. The lowest BCUT2D eigenvalue weighted by atomic mass is 10.2. The van der Waals surface area contributed by atoms with Gasteiger partial charge < -0.3 is 14.7 Å². The van der Waals surface area contributed by atoms with Crippen LogP contribution >= 0.6 is 11.3 Å². The molecule has 1 aliphatic rings. The summed E-state index contributed by atoms with van der Waals surface area (Å²) in [6.45, 7) is 0.328. The number of carbonyl (C=O) groups is 2. The Labute approximate surface area is 111 Å². The van der Waals surface area contributed by atoms with Crippen molar-refractivity contribution in [3.63, 3.8) is 0 Å². The average Bonchev–Trinajstić information content (AvgIpc) is 2.87. The fraction of sp³-hybridized carbons (Fsp3) is 0.400. The highest BCUT2D eigenvalue weighted by atomic mass is 32.1. The van der Waals surface area contributed by atoms with Gasteiger partial charge >= 0.3 is 11.0 Å². The Morgan fingerprint density at radius 3 is 2.89 bits per heavy atom. The van der Waals surface area contributed by atoms with Crippen LogP contribution in [-0.4, -0.2) is 52.6 Å². The molecule has 0 spiro atoms. The number of ether oxygens (including phenoxy) is 1. The van der Waals surface area contributed by atoms with Crippen molar-refractivity contribution in [3.05, 3.63) is 27.1 Å². The number of carbonyl (C=O) groups excluding carboxylic acids is 1. The number of aliphatic carboxylic acids is 1. The summed E-state index contributed by atoms with van der Waals surface area (Å²) in [6, 6.07) is 0.0988. The molecule has 0 bridgehead atoms. The van der Waals surface area contributed by atoms with Crippen molar-refractivity contribution in [1.82, 2.24) is 4.90 Å². The number of carboxylic acids is 1. The first-order valence-corrected chi connectivity index (χ1v) is 6.23. The van der Waals surface area contributed by atoms with Crippen molar-refractivity contribution < 1.29 is 24.4 Å². The van der Waals surface area contributed by atoms with E-state index in [4.69, 9.17) is 9.84 Å². The number of carboxylic acid groups (broad SMARTS) is 1. The summed E-state index contributed by atoms with van der Waals surface area (Å²) in [5.41, 5.74) is 0.129. The molecule has 1 aromatic rings. The van der Waals surface area contributed by atoms with Crippen LogP contribution in [0.15, 0.2) is 11.4 Å². The first-order valence-electron chi connectivity index (χ1n) is 5.35. The van der Waals surface area contributed by atoms with Gasteiger partial charge in [0.15, 0.2) is 6.04 Å². The number of nitrogens with zero attached hydrogens (tertiary/aromatic N) is 2. The van der Waals surface area contributed by atoms with E-state index in [1.807, 2.05) is 0 Å². The van der Waals surface area contributed by atoms with E-state index in [9.17, 15) is 19.7 Å². The van der Waals surface area contributed by atoms with Crippen LogP contribution in [0.4, 0.5) is 5.00 Å². The Hall–Kier alpha value is -2.00. The van der Waals surface area contributed by atoms with Crippen molar-refractivity contribution in [3.8, 4) is 0 Å². The normalized spacial score (nSPS) is 19.2. The Morgan fingerprint density at radius 2 is 2.32 bits per heavy atom. The van der Waals surface area contributed by atoms with Crippen LogP contribution in [0.3, 0.4) is 0 Å². The van der Waals surface area contributed by atoms with E-state index in [1.165, 1.54) is 5.38 Å². The number of thiophene rings is 1. The maximum absolute atomic E-state index is 12.1. The number of hydrogen-bond donors (Lipinski definition) is 1. The molecule has 0 saturated carbocycles. The topological polar surface area (TPSA) is 110 Å². The van der Waals surface area contributed by atoms with Gasteiger partial charge in [-0.05, 0) is 0 Å². The summed E-state index contributed by atoms with van der Waals surface area (Å²) in [5, 5.41) is 20.8. The van der Waals surface area contributed by atoms with E-state index in [2.05, 4.69) is 0 Å². The van der Waals surface area contributed by atoms with Gasteiger partial charge in [-0.1, -0.05) is 11.3 Å². The minimum atomic E-state index is -1.15. The molecule has 2 rings (SSSR count). The molecule has 102 valence electrons. The molecule has 1 fully saturated rings. The molecule has 8 nitrogen and oxygen atoms in total. The van der Waals surface area contributed by atoms with Gasteiger partial charge in [0, 0.05) is 18.0 Å². The molecule has 1 saturated heterocycles. The van der Waals surface area contributed by atoms with E-state index >= 15 is 0 Å². The Bertz CT molecular complexity index is 528. The largest absolute Gasteiger partial charge is 0.480 e. The molecular formula is C10H10N2O6S. The molecular weight excluding hydrogens is 276 g/mol. The first kappa shape index (κ1) is 13.4. The highest BCUT2D eigenvalue weighted by Crippen LogP contribution is 2.24. The summed E-state index contributed by atoms with van der Waals surface area (Å²) in [7, 11) is 0. The summed E-state index contributed by atoms with van der Waals surface area (Å²) in [5.74, 6) is -1.68. The molecule has 0 aliphatic carbocycles. The smallest absolute Gasteiger partial charge is 0.328 e. The van der Waals surface area contributed by atoms with Crippen molar-refractivity contribution in [2.24, 2.45) is 0 Å². The number of rotatable bonds is 3. The van der Waals surface area contributed by atoms with Crippen molar-refractivity contribution in [2.45, 2.75) is 6.04 Å². The van der Waals surface area contributed by atoms with E-state index < -0.39 is 22.8 Å². The standard InChI is InChI=1S/C10H10N2O6S/c13-9(6-3-8(12(16)17)19-5-6)11-1-2-18-4-7(11)10(14)15/h3,5,7H,1-2,4H2,(H,14,15). The molecule has 9 heteroatoms. The summed E-state index contributed by atoms with van der Waals surface area (Å²) >= 11 is 0.834. The van der Waals surface area contributed by atoms with Crippen LogP contribution in [0.2, 0.25) is 0 Å². The van der Waals surface area contributed by atoms with Crippen molar-refractivity contribution >= 4 is 28.2 Å². The lowest BCUT2D eigenvalue weighted by molar-refractivity contribution is -0.380. The predicted molar refractivity (Wildman–Crippen MR) is 64.3 cm³/mol. The van der Waals surface area contributed by atoms with Gasteiger partial charge in [-0.25, -0.2) is 4.79 Å². The van der Waals surface area contributed by atoms with Crippen LogP contribution in [0.5, 0.6) is 0 Å². The molecule has 19 heavy (non-hydrogen) atoms. The van der Waals surface area contributed by atoms with E-state index in [0.717, 1.165) is 22.3 Å².